The van der Waals surface area contributed by atoms with Crippen LogP contribution < -0.4 is 5.73 Å². The molecule has 21 heavy (non-hydrogen) atoms. The molecule has 1 aromatic heterocycles. The van der Waals surface area contributed by atoms with Gasteiger partial charge in [-0.3, -0.25) is 0 Å². The fourth-order valence-corrected chi connectivity index (χ4v) is 2.59. The van der Waals surface area contributed by atoms with Gasteiger partial charge in [0, 0.05) is 0 Å². The van der Waals surface area contributed by atoms with E-state index in [1.807, 2.05) is 6.08 Å². The number of halogens is 1. The Morgan fingerprint density at radius 1 is 1.24 bits per heavy atom. The maximum Gasteiger partial charge on any atom is 0.223 e. The zero-order valence-corrected chi connectivity index (χ0v) is 12.1. The van der Waals surface area contributed by atoms with Crippen molar-refractivity contribution >= 4 is 17.6 Å². The summed E-state index contributed by atoms with van der Waals surface area (Å²) in [6.45, 7) is 3.46. The molecule has 0 bridgehead atoms. The Hall–Kier alpha value is -2.30. The number of aromatic nitrogens is 3. The van der Waals surface area contributed by atoms with E-state index in [4.69, 9.17) is 5.73 Å². The van der Waals surface area contributed by atoms with E-state index in [-0.39, 0.29) is 11.8 Å². The lowest BCUT2D eigenvalue weighted by Gasteiger charge is -2.05. The highest BCUT2D eigenvalue weighted by molar-refractivity contribution is 5.84. The molecule has 3 rings (SSSR count). The van der Waals surface area contributed by atoms with Crippen molar-refractivity contribution in [3.8, 4) is 0 Å². The number of nitrogens with two attached hydrogens (primary N) is 1. The molecule has 0 aliphatic heterocycles. The van der Waals surface area contributed by atoms with Crippen molar-refractivity contribution in [1.29, 1.82) is 0 Å². The van der Waals surface area contributed by atoms with Crippen LogP contribution in [0.25, 0.3) is 11.6 Å². The van der Waals surface area contributed by atoms with Crippen LogP contribution in [-0.2, 0) is 6.42 Å². The van der Waals surface area contributed by atoms with Crippen molar-refractivity contribution in [1.82, 2.24) is 15.0 Å². The zero-order chi connectivity index (χ0) is 15.0. The van der Waals surface area contributed by atoms with E-state index in [0.29, 0.717) is 5.82 Å². The molecule has 0 spiro atoms. The van der Waals surface area contributed by atoms with E-state index in [9.17, 15) is 4.39 Å². The second-order valence-electron chi connectivity index (χ2n) is 5.36. The van der Waals surface area contributed by atoms with E-state index < -0.39 is 6.17 Å². The summed E-state index contributed by atoms with van der Waals surface area (Å²) in [7, 11) is 0. The molecule has 1 aliphatic carbocycles. The smallest absolute Gasteiger partial charge is 0.223 e. The Balaban J connectivity index is 2.03. The number of alkyl halides is 1. The largest absolute Gasteiger partial charge is 0.368 e. The van der Waals surface area contributed by atoms with Gasteiger partial charge in [-0.2, -0.15) is 9.97 Å². The average molecular weight is 284 g/mol. The Morgan fingerprint density at radius 2 is 2.05 bits per heavy atom. The van der Waals surface area contributed by atoms with E-state index in [1.165, 1.54) is 23.6 Å². The molecule has 0 saturated carbocycles. The van der Waals surface area contributed by atoms with Crippen LogP contribution in [0.2, 0.25) is 0 Å². The van der Waals surface area contributed by atoms with Gasteiger partial charge in [0.25, 0.3) is 0 Å². The lowest BCUT2D eigenvalue weighted by Crippen LogP contribution is -2.05. The zero-order valence-electron chi connectivity index (χ0n) is 12.1. The molecule has 0 amide bonds. The molecule has 2 aromatic rings. The molecule has 1 heterocycles. The van der Waals surface area contributed by atoms with Gasteiger partial charge in [-0.1, -0.05) is 23.8 Å². The van der Waals surface area contributed by atoms with Crippen LogP contribution in [0.4, 0.5) is 10.3 Å². The number of rotatable bonds is 2. The summed E-state index contributed by atoms with van der Waals surface area (Å²) in [6, 6.07) is 6.44. The summed E-state index contributed by atoms with van der Waals surface area (Å²) in [4.78, 5) is 12.0. The van der Waals surface area contributed by atoms with Crippen LogP contribution in [0, 0.1) is 6.92 Å². The quantitative estimate of drug-likeness (QED) is 0.919. The van der Waals surface area contributed by atoms with Crippen molar-refractivity contribution in [2.45, 2.75) is 32.9 Å². The predicted octanol–water partition coefficient (Wildman–Crippen LogP) is 3.28. The summed E-state index contributed by atoms with van der Waals surface area (Å²) in [5, 5.41) is 0. The van der Waals surface area contributed by atoms with Gasteiger partial charge in [-0.25, -0.2) is 9.37 Å². The van der Waals surface area contributed by atoms with Gasteiger partial charge in [-0.05, 0) is 49.5 Å². The van der Waals surface area contributed by atoms with E-state index in [0.717, 1.165) is 18.4 Å². The molecule has 108 valence electrons. The normalized spacial score (nSPS) is 17.0. The molecule has 5 heteroatoms. The number of aryl methyl sites for hydroxylation is 2. The fraction of sp³-hybridized carbons (Fsp3) is 0.312. The third kappa shape index (κ3) is 2.77. The molecular weight excluding hydrogens is 267 g/mol. The molecule has 1 aromatic carbocycles. The topological polar surface area (TPSA) is 64.7 Å². The lowest BCUT2D eigenvalue weighted by molar-refractivity contribution is 0.355. The Morgan fingerprint density at radius 3 is 2.81 bits per heavy atom. The number of allylic oxidation sites excluding steroid dienone is 1. The van der Waals surface area contributed by atoms with Crippen LogP contribution in [0.1, 0.15) is 47.9 Å². The Bertz CT molecular complexity index is 722. The van der Waals surface area contributed by atoms with Crippen LogP contribution in [0.3, 0.4) is 0 Å². The van der Waals surface area contributed by atoms with Crippen LogP contribution in [-0.4, -0.2) is 15.0 Å². The van der Waals surface area contributed by atoms with Gasteiger partial charge >= 0.3 is 0 Å². The highest BCUT2D eigenvalue weighted by atomic mass is 19.1. The molecule has 2 N–H and O–H groups in total. The van der Waals surface area contributed by atoms with E-state index in [1.54, 1.807) is 0 Å². The standard InChI is InChI=1S/C16H17FN4/c1-9-3-4-11-5-6-12(13(11)7-9)8-14-19-15(10(2)17)21-16(18)20-14/h3-4,7-8,10H,5-6H2,1-2H3,(H2,18,19,20,21). The first kappa shape index (κ1) is 13.7. The van der Waals surface area contributed by atoms with Gasteiger partial charge in [0.15, 0.2) is 17.8 Å². The van der Waals surface area contributed by atoms with Crippen LogP contribution in [0.5, 0.6) is 0 Å². The number of nitrogens with zero attached hydrogens (tertiary/aromatic N) is 3. The number of hydrogen-bond donors (Lipinski definition) is 1. The van der Waals surface area contributed by atoms with E-state index >= 15 is 0 Å². The van der Waals surface area contributed by atoms with Crippen LogP contribution >= 0.6 is 0 Å². The first-order chi connectivity index (χ1) is 10.0. The van der Waals surface area contributed by atoms with Crippen molar-refractivity contribution in [2.75, 3.05) is 5.73 Å². The molecule has 1 unspecified atom stereocenters. The van der Waals surface area contributed by atoms with Gasteiger partial charge in [0.2, 0.25) is 5.95 Å². The van der Waals surface area contributed by atoms with Crippen LogP contribution in [0.15, 0.2) is 18.2 Å². The number of nitrogen functional groups attached to an aromatic ring is 1. The molecule has 0 radical (unpaired) electrons. The number of hydrogen-bond acceptors (Lipinski definition) is 4. The molecule has 0 fully saturated rings. The van der Waals surface area contributed by atoms with Crippen molar-refractivity contribution in [2.24, 2.45) is 0 Å². The summed E-state index contributed by atoms with van der Waals surface area (Å²) < 4.78 is 13.4. The monoisotopic (exact) mass is 284 g/mol. The molecular formula is C16H17FN4. The summed E-state index contributed by atoms with van der Waals surface area (Å²) >= 11 is 0. The Labute approximate surface area is 123 Å². The summed E-state index contributed by atoms with van der Waals surface area (Å²) in [5.74, 6) is 0.557. The molecule has 4 nitrogen and oxygen atoms in total. The third-order valence-electron chi connectivity index (χ3n) is 3.62. The van der Waals surface area contributed by atoms with Gasteiger partial charge in [-0.15, -0.1) is 0 Å². The summed E-state index contributed by atoms with van der Waals surface area (Å²) in [6.07, 6.45) is 2.57. The maximum atomic E-state index is 13.4. The highest BCUT2D eigenvalue weighted by Gasteiger charge is 2.17. The van der Waals surface area contributed by atoms with Gasteiger partial charge < -0.3 is 5.73 Å². The molecule has 0 saturated heterocycles. The third-order valence-corrected chi connectivity index (χ3v) is 3.62. The number of fused-ring (bicyclic) bond motifs is 1. The maximum absolute atomic E-state index is 13.4. The SMILES string of the molecule is Cc1ccc2c(c1)C(=Cc1nc(N)nc(C(C)F)n1)CC2. The van der Waals surface area contributed by atoms with Gasteiger partial charge in [0.1, 0.15) is 0 Å². The van der Waals surface area contributed by atoms with Crippen molar-refractivity contribution in [3.05, 3.63) is 46.5 Å². The predicted molar refractivity (Wildman–Crippen MR) is 81.1 cm³/mol. The highest BCUT2D eigenvalue weighted by Crippen LogP contribution is 2.33. The minimum Gasteiger partial charge on any atom is -0.368 e. The second kappa shape index (κ2) is 5.24. The van der Waals surface area contributed by atoms with E-state index in [2.05, 4.69) is 40.1 Å². The fourth-order valence-electron chi connectivity index (χ4n) is 2.59. The first-order valence-electron chi connectivity index (χ1n) is 6.99. The molecule has 1 atom stereocenters. The van der Waals surface area contributed by atoms with Crippen molar-refractivity contribution < 1.29 is 4.39 Å². The average Bonchev–Trinajstić information content (AvgIpc) is 2.80. The number of anilines is 1. The minimum absolute atomic E-state index is 0.0545. The molecule has 1 aliphatic rings. The lowest BCUT2D eigenvalue weighted by atomic mass is 10.0. The Kier molecular flexibility index (Phi) is 3.41. The second-order valence-corrected chi connectivity index (χ2v) is 5.36. The first-order valence-corrected chi connectivity index (χ1v) is 6.99. The number of benzene rings is 1. The van der Waals surface area contributed by atoms with Gasteiger partial charge in [0.05, 0.1) is 0 Å². The summed E-state index contributed by atoms with van der Waals surface area (Å²) in [5.41, 5.74) is 10.6. The van der Waals surface area contributed by atoms with Crippen molar-refractivity contribution in [3.63, 3.8) is 0 Å². The minimum atomic E-state index is -1.26.